The second-order valence-corrected chi connectivity index (χ2v) is 4.71. The maximum Gasteiger partial charge on any atom is 0.119 e. The zero-order chi connectivity index (χ0) is 13.0. The first kappa shape index (κ1) is 13.1. The number of hydrogen-bond acceptors (Lipinski definition) is 3. The van der Waals surface area contributed by atoms with E-state index in [1.807, 2.05) is 43.3 Å². The van der Waals surface area contributed by atoms with E-state index in [1.165, 1.54) is 0 Å². The molecule has 2 N–H and O–H groups in total. The van der Waals surface area contributed by atoms with Gasteiger partial charge in [-0.05, 0) is 52.7 Å². The summed E-state index contributed by atoms with van der Waals surface area (Å²) in [6.45, 7) is 2.61. The predicted octanol–water partition coefficient (Wildman–Crippen LogP) is 3.29. The number of halogens is 1. The highest BCUT2D eigenvalue weighted by molar-refractivity contribution is 9.10. The Morgan fingerprint density at radius 3 is 2.89 bits per heavy atom. The van der Waals surface area contributed by atoms with Gasteiger partial charge in [-0.15, -0.1) is 0 Å². The van der Waals surface area contributed by atoms with E-state index in [-0.39, 0.29) is 6.04 Å². The zero-order valence-electron chi connectivity index (χ0n) is 10.1. The van der Waals surface area contributed by atoms with Crippen molar-refractivity contribution in [2.45, 2.75) is 13.0 Å². The fraction of sp³-hybridized carbons (Fsp3) is 0.214. The van der Waals surface area contributed by atoms with E-state index in [0.29, 0.717) is 6.61 Å². The molecule has 94 valence electrons. The molecule has 2 aromatic rings. The number of benzene rings is 1. The molecule has 1 heterocycles. The number of rotatable bonds is 4. The largest absolute Gasteiger partial charge is 0.494 e. The first-order valence-electron chi connectivity index (χ1n) is 5.81. The molecule has 1 atom stereocenters. The highest BCUT2D eigenvalue weighted by atomic mass is 79.9. The average Bonchev–Trinajstić information content (AvgIpc) is 2.39. The summed E-state index contributed by atoms with van der Waals surface area (Å²) < 4.78 is 6.39. The summed E-state index contributed by atoms with van der Waals surface area (Å²) >= 11 is 3.47. The Morgan fingerprint density at radius 1 is 1.33 bits per heavy atom. The summed E-state index contributed by atoms with van der Waals surface area (Å²) in [6, 6.07) is 11.3. The van der Waals surface area contributed by atoms with Crippen LogP contribution in [0.4, 0.5) is 0 Å². The predicted molar refractivity (Wildman–Crippen MR) is 75.6 cm³/mol. The van der Waals surface area contributed by atoms with Crippen molar-refractivity contribution < 1.29 is 4.74 Å². The average molecular weight is 307 g/mol. The fourth-order valence-electron chi connectivity index (χ4n) is 1.75. The molecule has 2 rings (SSSR count). The molecule has 1 unspecified atom stereocenters. The van der Waals surface area contributed by atoms with Gasteiger partial charge in [0.15, 0.2) is 0 Å². The van der Waals surface area contributed by atoms with Gasteiger partial charge in [0.05, 0.1) is 18.3 Å². The summed E-state index contributed by atoms with van der Waals surface area (Å²) in [7, 11) is 0. The molecule has 3 nitrogen and oxygen atoms in total. The van der Waals surface area contributed by atoms with E-state index < -0.39 is 0 Å². The van der Waals surface area contributed by atoms with Gasteiger partial charge in [0.2, 0.25) is 0 Å². The molecular weight excluding hydrogens is 292 g/mol. The number of nitrogens with zero attached hydrogens (tertiary/aromatic N) is 1. The molecule has 1 aromatic heterocycles. The van der Waals surface area contributed by atoms with Crippen molar-refractivity contribution in [3.8, 4) is 5.75 Å². The molecule has 0 aliphatic rings. The molecular formula is C14H15BrN2O. The highest BCUT2D eigenvalue weighted by Gasteiger charge is 2.13. The second-order valence-electron chi connectivity index (χ2n) is 3.85. The third-order valence-electron chi connectivity index (χ3n) is 2.61. The summed E-state index contributed by atoms with van der Waals surface area (Å²) in [4.78, 5) is 4.32. The first-order chi connectivity index (χ1) is 8.72. The Labute approximate surface area is 115 Å². The minimum absolute atomic E-state index is 0.263. The van der Waals surface area contributed by atoms with E-state index in [2.05, 4.69) is 20.9 Å². The number of nitrogens with two attached hydrogens (primary N) is 1. The number of pyridine rings is 1. The van der Waals surface area contributed by atoms with Crippen molar-refractivity contribution in [1.29, 1.82) is 0 Å². The second kappa shape index (κ2) is 5.98. The SMILES string of the molecule is CCOc1cccc(C(N)c2ncccc2Br)c1. The van der Waals surface area contributed by atoms with Gasteiger partial charge in [-0.3, -0.25) is 4.98 Å². The smallest absolute Gasteiger partial charge is 0.119 e. The number of ether oxygens (including phenoxy) is 1. The molecule has 0 aliphatic carbocycles. The lowest BCUT2D eigenvalue weighted by atomic mass is 10.0. The van der Waals surface area contributed by atoms with Crippen molar-refractivity contribution in [2.24, 2.45) is 5.73 Å². The van der Waals surface area contributed by atoms with Crippen LogP contribution in [0.3, 0.4) is 0 Å². The van der Waals surface area contributed by atoms with Crippen LogP contribution in [-0.2, 0) is 0 Å². The third kappa shape index (κ3) is 2.89. The zero-order valence-corrected chi connectivity index (χ0v) is 11.7. The van der Waals surface area contributed by atoms with Crippen molar-refractivity contribution in [3.63, 3.8) is 0 Å². The Kier molecular flexibility index (Phi) is 4.33. The van der Waals surface area contributed by atoms with Crippen molar-refractivity contribution >= 4 is 15.9 Å². The van der Waals surface area contributed by atoms with E-state index in [0.717, 1.165) is 21.5 Å². The van der Waals surface area contributed by atoms with Crippen LogP contribution in [0.1, 0.15) is 24.2 Å². The molecule has 0 aliphatic heterocycles. The van der Waals surface area contributed by atoms with Gasteiger partial charge in [0.1, 0.15) is 5.75 Å². The van der Waals surface area contributed by atoms with Crippen molar-refractivity contribution in [1.82, 2.24) is 4.98 Å². The van der Waals surface area contributed by atoms with Crippen LogP contribution in [0, 0.1) is 0 Å². The van der Waals surface area contributed by atoms with Gasteiger partial charge in [0.25, 0.3) is 0 Å². The quantitative estimate of drug-likeness (QED) is 0.943. The summed E-state index contributed by atoms with van der Waals surface area (Å²) in [5.41, 5.74) is 8.05. The van der Waals surface area contributed by atoms with Crippen molar-refractivity contribution in [2.75, 3.05) is 6.61 Å². The first-order valence-corrected chi connectivity index (χ1v) is 6.60. The lowest BCUT2D eigenvalue weighted by Gasteiger charge is -2.14. The topological polar surface area (TPSA) is 48.1 Å². The lowest BCUT2D eigenvalue weighted by Crippen LogP contribution is -2.14. The summed E-state index contributed by atoms with van der Waals surface area (Å²) in [5, 5.41) is 0. The molecule has 0 bridgehead atoms. The molecule has 0 saturated heterocycles. The molecule has 0 spiro atoms. The van der Waals surface area contributed by atoms with E-state index in [4.69, 9.17) is 10.5 Å². The van der Waals surface area contributed by atoms with Crippen LogP contribution in [-0.4, -0.2) is 11.6 Å². The van der Waals surface area contributed by atoms with Gasteiger partial charge in [-0.25, -0.2) is 0 Å². The van der Waals surface area contributed by atoms with Crippen LogP contribution in [0.15, 0.2) is 47.1 Å². The Bertz CT molecular complexity index is 531. The maximum absolute atomic E-state index is 6.23. The minimum atomic E-state index is -0.263. The molecule has 18 heavy (non-hydrogen) atoms. The molecule has 4 heteroatoms. The van der Waals surface area contributed by atoms with E-state index in [1.54, 1.807) is 6.20 Å². The standard InChI is InChI=1S/C14H15BrN2O/c1-2-18-11-6-3-5-10(9-11)13(16)14-12(15)7-4-8-17-14/h3-9,13H,2,16H2,1H3. The maximum atomic E-state index is 6.23. The van der Waals surface area contributed by atoms with Crippen LogP contribution in [0.25, 0.3) is 0 Å². The Morgan fingerprint density at radius 2 is 2.17 bits per heavy atom. The molecule has 1 aromatic carbocycles. The van der Waals surface area contributed by atoms with Gasteiger partial charge in [0, 0.05) is 10.7 Å². The van der Waals surface area contributed by atoms with Crippen LogP contribution in [0.2, 0.25) is 0 Å². The fourth-order valence-corrected chi connectivity index (χ4v) is 2.25. The summed E-state index contributed by atoms with van der Waals surface area (Å²) in [6.07, 6.45) is 1.74. The number of aromatic nitrogens is 1. The van der Waals surface area contributed by atoms with Crippen LogP contribution in [0.5, 0.6) is 5.75 Å². The Balaban J connectivity index is 2.31. The highest BCUT2D eigenvalue weighted by Crippen LogP contribution is 2.26. The summed E-state index contributed by atoms with van der Waals surface area (Å²) in [5.74, 6) is 0.831. The van der Waals surface area contributed by atoms with Crippen molar-refractivity contribution in [3.05, 3.63) is 58.3 Å². The monoisotopic (exact) mass is 306 g/mol. The lowest BCUT2D eigenvalue weighted by molar-refractivity contribution is 0.340. The minimum Gasteiger partial charge on any atom is -0.494 e. The molecule has 0 radical (unpaired) electrons. The van der Waals surface area contributed by atoms with Gasteiger partial charge < -0.3 is 10.5 Å². The van der Waals surface area contributed by atoms with Gasteiger partial charge in [-0.1, -0.05) is 12.1 Å². The van der Waals surface area contributed by atoms with Crippen LogP contribution >= 0.6 is 15.9 Å². The normalized spacial score (nSPS) is 12.2. The molecule has 0 amide bonds. The van der Waals surface area contributed by atoms with Gasteiger partial charge >= 0.3 is 0 Å². The van der Waals surface area contributed by atoms with E-state index in [9.17, 15) is 0 Å². The number of hydrogen-bond donors (Lipinski definition) is 1. The van der Waals surface area contributed by atoms with Gasteiger partial charge in [-0.2, -0.15) is 0 Å². The third-order valence-corrected chi connectivity index (χ3v) is 3.28. The molecule has 0 saturated carbocycles. The van der Waals surface area contributed by atoms with E-state index >= 15 is 0 Å². The van der Waals surface area contributed by atoms with Crippen LogP contribution < -0.4 is 10.5 Å². The Hall–Kier alpha value is -1.39. The molecule has 0 fully saturated rings.